The Balaban J connectivity index is 2.05. The van der Waals surface area contributed by atoms with Crippen LogP contribution >= 0.6 is 0 Å². The van der Waals surface area contributed by atoms with E-state index in [0.29, 0.717) is 18.0 Å². The Morgan fingerprint density at radius 3 is 2.52 bits per heavy atom. The lowest BCUT2D eigenvalue weighted by Crippen LogP contribution is -2.35. The van der Waals surface area contributed by atoms with E-state index in [1.807, 2.05) is 56.3 Å². The highest BCUT2D eigenvalue weighted by Gasteiger charge is 2.20. The third-order valence-electron chi connectivity index (χ3n) is 4.24. The van der Waals surface area contributed by atoms with Crippen molar-refractivity contribution < 1.29 is 17.9 Å². The van der Waals surface area contributed by atoms with Gasteiger partial charge in [-0.2, -0.15) is 0 Å². The van der Waals surface area contributed by atoms with Crippen LogP contribution in [0.1, 0.15) is 23.1 Å². The first kappa shape index (κ1) is 20.8. The first-order valence-corrected chi connectivity index (χ1v) is 10.5. The number of hydrogen-bond donors (Lipinski definition) is 1. The molecule has 0 heterocycles. The zero-order valence-corrected chi connectivity index (χ0v) is 17.0. The van der Waals surface area contributed by atoms with Crippen molar-refractivity contribution in [2.24, 2.45) is 0 Å². The van der Waals surface area contributed by atoms with Gasteiger partial charge in [-0.25, -0.2) is 8.42 Å². The van der Waals surface area contributed by atoms with Gasteiger partial charge in [0.25, 0.3) is 0 Å². The van der Waals surface area contributed by atoms with Crippen molar-refractivity contribution in [1.29, 1.82) is 0 Å². The van der Waals surface area contributed by atoms with Crippen molar-refractivity contribution in [3.63, 3.8) is 0 Å². The molecule has 0 fully saturated rings. The highest BCUT2D eigenvalue weighted by atomic mass is 32.2. The molecule has 0 aromatic heterocycles. The van der Waals surface area contributed by atoms with Crippen LogP contribution in [0.4, 0.5) is 5.69 Å². The smallest absolute Gasteiger partial charge is 0.232 e. The number of nitrogens with zero attached hydrogens (tertiary/aromatic N) is 1. The largest absolute Gasteiger partial charge is 0.496 e. The molecule has 146 valence electrons. The minimum Gasteiger partial charge on any atom is -0.496 e. The molecule has 0 spiro atoms. The maximum Gasteiger partial charge on any atom is 0.232 e. The molecule has 0 radical (unpaired) electrons. The number of anilines is 1. The Kier molecular flexibility index (Phi) is 6.85. The summed E-state index contributed by atoms with van der Waals surface area (Å²) in [6.07, 6.45) is 1.22. The normalized spacial score (nSPS) is 11.1. The summed E-state index contributed by atoms with van der Waals surface area (Å²) in [7, 11) is -1.92. The summed E-state index contributed by atoms with van der Waals surface area (Å²) >= 11 is 0. The fourth-order valence-electron chi connectivity index (χ4n) is 2.79. The second kappa shape index (κ2) is 8.90. The monoisotopic (exact) mass is 390 g/mol. The second-order valence-corrected chi connectivity index (χ2v) is 8.37. The lowest BCUT2D eigenvalue weighted by Gasteiger charge is -2.24. The van der Waals surface area contributed by atoms with Gasteiger partial charge in [-0.3, -0.25) is 9.10 Å². The molecule has 0 unspecified atom stereocenters. The summed E-state index contributed by atoms with van der Waals surface area (Å²) in [5.74, 6) is 0.478. The third-order valence-corrected chi connectivity index (χ3v) is 5.42. The number of aryl methyl sites for hydroxylation is 2. The van der Waals surface area contributed by atoms with Gasteiger partial charge in [-0.05, 0) is 37.1 Å². The first-order valence-electron chi connectivity index (χ1n) is 8.66. The van der Waals surface area contributed by atoms with Crippen molar-refractivity contribution in [3.8, 4) is 5.75 Å². The Hall–Kier alpha value is -2.54. The molecule has 0 saturated heterocycles. The number of ether oxygens (including phenoxy) is 1. The molecule has 0 aliphatic rings. The second-order valence-electron chi connectivity index (χ2n) is 6.46. The molecule has 0 aliphatic carbocycles. The minimum atomic E-state index is -3.50. The molecule has 27 heavy (non-hydrogen) atoms. The maximum atomic E-state index is 12.3. The summed E-state index contributed by atoms with van der Waals surface area (Å²) in [4.78, 5) is 12.3. The summed E-state index contributed by atoms with van der Waals surface area (Å²) in [6, 6.07) is 13.1. The third kappa shape index (κ3) is 5.72. The van der Waals surface area contributed by atoms with E-state index >= 15 is 0 Å². The van der Waals surface area contributed by atoms with Crippen LogP contribution in [-0.2, 0) is 21.4 Å². The maximum absolute atomic E-state index is 12.3. The molecular formula is C20H26N2O4S. The molecule has 0 aliphatic heterocycles. The van der Waals surface area contributed by atoms with Gasteiger partial charge in [0, 0.05) is 25.1 Å². The van der Waals surface area contributed by atoms with Gasteiger partial charge in [-0.1, -0.05) is 30.3 Å². The van der Waals surface area contributed by atoms with Gasteiger partial charge < -0.3 is 10.1 Å². The molecule has 0 saturated carbocycles. The fourth-order valence-corrected chi connectivity index (χ4v) is 3.76. The highest BCUT2D eigenvalue weighted by molar-refractivity contribution is 7.92. The SMILES string of the molecule is COc1ccccc1CNC(=O)CCN(c1cc(C)ccc1C)S(C)(=O)=O. The number of benzene rings is 2. The lowest BCUT2D eigenvalue weighted by atomic mass is 10.1. The van der Waals surface area contributed by atoms with E-state index in [1.165, 1.54) is 4.31 Å². The Bertz CT molecular complexity index is 910. The van der Waals surface area contributed by atoms with Crippen LogP contribution in [0.3, 0.4) is 0 Å². The van der Waals surface area contributed by atoms with E-state index in [-0.39, 0.29) is 18.9 Å². The van der Waals surface area contributed by atoms with Crippen LogP contribution in [0, 0.1) is 13.8 Å². The summed E-state index contributed by atoms with van der Waals surface area (Å²) < 4.78 is 31.1. The van der Waals surface area contributed by atoms with Crippen molar-refractivity contribution in [2.45, 2.75) is 26.8 Å². The predicted molar refractivity (Wildman–Crippen MR) is 108 cm³/mol. The molecule has 2 aromatic rings. The van der Waals surface area contributed by atoms with Gasteiger partial charge in [0.15, 0.2) is 0 Å². The van der Waals surface area contributed by atoms with E-state index in [9.17, 15) is 13.2 Å². The molecular weight excluding hydrogens is 364 g/mol. The van der Waals surface area contributed by atoms with Crippen LogP contribution in [0.2, 0.25) is 0 Å². The van der Waals surface area contributed by atoms with Crippen molar-refractivity contribution in [3.05, 3.63) is 59.2 Å². The number of methoxy groups -OCH3 is 1. The highest BCUT2D eigenvalue weighted by Crippen LogP contribution is 2.24. The summed E-state index contributed by atoms with van der Waals surface area (Å²) in [5.41, 5.74) is 3.28. The van der Waals surface area contributed by atoms with Gasteiger partial charge in [0.2, 0.25) is 15.9 Å². The number of para-hydroxylation sites is 1. The molecule has 1 amide bonds. The first-order chi connectivity index (χ1) is 12.7. The average molecular weight is 391 g/mol. The number of carbonyl (C=O) groups is 1. The summed E-state index contributed by atoms with van der Waals surface area (Å²) in [6.45, 7) is 4.17. The van der Waals surface area contributed by atoms with Crippen LogP contribution < -0.4 is 14.4 Å². The zero-order chi connectivity index (χ0) is 20.0. The number of amides is 1. The zero-order valence-electron chi connectivity index (χ0n) is 16.2. The van der Waals surface area contributed by atoms with Crippen LogP contribution in [0.25, 0.3) is 0 Å². The van der Waals surface area contributed by atoms with E-state index in [0.717, 1.165) is 22.9 Å². The predicted octanol–water partition coefficient (Wildman–Crippen LogP) is 2.78. The molecule has 0 atom stereocenters. The average Bonchev–Trinajstić information content (AvgIpc) is 2.62. The fraction of sp³-hybridized carbons (Fsp3) is 0.350. The van der Waals surface area contributed by atoms with E-state index in [1.54, 1.807) is 7.11 Å². The molecule has 2 aromatic carbocycles. The lowest BCUT2D eigenvalue weighted by molar-refractivity contribution is -0.121. The number of nitrogens with one attached hydrogen (secondary N) is 1. The van der Waals surface area contributed by atoms with Crippen LogP contribution in [-0.4, -0.2) is 34.2 Å². The van der Waals surface area contributed by atoms with Crippen molar-refractivity contribution in [2.75, 3.05) is 24.2 Å². The van der Waals surface area contributed by atoms with Crippen LogP contribution in [0.15, 0.2) is 42.5 Å². The number of sulfonamides is 1. The Labute approximate surface area is 161 Å². The summed E-state index contributed by atoms with van der Waals surface area (Å²) in [5, 5.41) is 2.82. The standard InChI is InChI=1S/C20H26N2O4S/c1-15-9-10-16(2)18(13-15)22(27(4,24)25)12-11-20(23)21-14-17-7-5-6-8-19(17)26-3/h5-10,13H,11-12,14H2,1-4H3,(H,21,23). The van der Waals surface area contributed by atoms with E-state index in [4.69, 9.17) is 4.74 Å². The van der Waals surface area contributed by atoms with E-state index in [2.05, 4.69) is 5.32 Å². The molecule has 1 N–H and O–H groups in total. The van der Waals surface area contributed by atoms with Crippen LogP contribution in [0.5, 0.6) is 5.75 Å². The van der Waals surface area contributed by atoms with E-state index < -0.39 is 10.0 Å². The topological polar surface area (TPSA) is 75.7 Å². The van der Waals surface area contributed by atoms with Gasteiger partial charge in [0.05, 0.1) is 19.1 Å². The van der Waals surface area contributed by atoms with Gasteiger partial charge in [-0.15, -0.1) is 0 Å². The minimum absolute atomic E-state index is 0.0651. The Morgan fingerprint density at radius 1 is 1.15 bits per heavy atom. The molecule has 7 heteroatoms. The Morgan fingerprint density at radius 2 is 1.85 bits per heavy atom. The number of hydrogen-bond acceptors (Lipinski definition) is 4. The molecule has 0 bridgehead atoms. The molecule has 2 rings (SSSR count). The quantitative estimate of drug-likeness (QED) is 0.752. The molecule has 6 nitrogen and oxygen atoms in total. The van der Waals surface area contributed by atoms with Gasteiger partial charge >= 0.3 is 0 Å². The number of rotatable bonds is 8. The number of carbonyl (C=O) groups excluding carboxylic acids is 1. The van der Waals surface area contributed by atoms with Crippen molar-refractivity contribution >= 4 is 21.6 Å². The van der Waals surface area contributed by atoms with Gasteiger partial charge in [0.1, 0.15) is 5.75 Å². The van der Waals surface area contributed by atoms with Crippen molar-refractivity contribution in [1.82, 2.24) is 5.32 Å².